The van der Waals surface area contributed by atoms with Crippen molar-refractivity contribution in [3.8, 4) is 0 Å². The van der Waals surface area contributed by atoms with Gasteiger partial charge in [-0.1, -0.05) is 0 Å². The molecule has 0 bridgehead atoms. The third-order valence-corrected chi connectivity index (χ3v) is 0.456. The Morgan fingerprint density at radius 2 is 2.20 bits per heavy atom. The van der Waals surface area contributed by atoms with Crippen molar-refractivity contribution >= 4 is 11.6 Å². The average molecular weight is 92.5 g/mol. The number of aliphatic hydroxyl groups is 1. The second-order valence-electron chi connectivity index (χ2n) is 0.611. The van der Waals surface area contributed by atoms with E-state index in [0.717, 1.165) is 0 Å². The minimum atomic E-state index is -0.148. The predicted molar refractivity (Wildman–Crippen MR) is 22.2 cm³/mol. The van der Waals surface area contributed by atoms with Gasteiger partial charge in [0.05, 0.1) is 0 Å². The molecule has 0 unspecified atom stereocenters. The molecule has 0 aliphatic heterocycles. The third kappa shape index (κ3) is 3.83. The van der Waals surface area contributed by atoms with E-state index in [1.165, 1.54) is 6.08 Å². The molecular formula is C3H5ClO. The van der Waals surface area contributed by atoms with Gasteiger partial charge in [-0.05, 0) is 24.6 Å². The fourth-order valence-electron chi connectivity index (χ4n) is 0. The summed E-state index contributed by atoms with van der Waals surface area (Å²) in [5.41, 5.74) is 0. The molecule has 0 aromatic rings. The van der Waals surface area contributed by atoms with Gasteiger partial charge in [0.25, 0.3) is 0 Å². The fourth-order valence-corrected chi connectivity index (χ4v) is 0. The van der Waals surface area contributed by atoms with Crippen molar-refractivity contribution in [1.29, 1.82) is 0 Å². The van der Waals surface area contributed by atoms with Crippen LogP contribution in [0.25, 0.3) is 0 Å². The van der Waals surface area contributed by atoms with E-state index in [4.69, 9.17) is 16.7 Å². The van der Waals surface area contributed by atoms with E-state index >= 15 is 0 Å². The lowest BCUT2D eigenvalue weighted by Crippen LogP contribution is -1.54. The van der Waals surface area contributed by atoms with Crippen LogP contribution in [0.1, 0.15) is 6.92 Å². The summed E-state index contributed by atoms with van der Waals surface area (Å²) in [6.45, 7) is 1.66. The molecule has 1 N–H and O–H groups in total. The van der Waals surface area contributed by atoms with Gasteiger partial charge in [0, 0.05) is 0 Å². The molecule has 0 aliphatic carbocycles. The number of rotatable bonds is 0. The fraction of sp³-hybridized carbons (Fsp3) is 0.333. The molecule has 0 saturated heterocycles. The van der Waals surface area contributed by atoms with Crippen molar-refractivity contribution in [3.05, 3.63) is 11.3 Å². The zero-order valence-electron chi connectivity index (χ0n) is 2.90. The summed E-state index contributed by atoms with van der Waals surface area (Å²) in [6.07, 6.45) is 1.40. The Hall–Kier alpha value is -0.170. The Morgan fingerprint density at radius 1 is 2.00 bits per heavy atom. The highest BCUT2D eigenvalue weighted by Crippen LogP contribution is 1.89. The first-order valence-corrected chi connectivity index (χ1v) is 1.66. The predicted octanol–water partition coefficient (Wildman–Crippen LogP) is 1.64. The van der Waals surface area contributed by atoms with Gasteiger partial charge >= 0.3 is 0 Å². The number of halogens is 1. The Bertz CT molecular complexity index is 44.9. The van der Waals surface area contributed by atoms with Crippen LogP contribution < -0.4 is 0 Å². The molecule has 0 amide bonds. The molecule has 0 spiro atoms. The molecule has 1 nitrogen and oxygen atoms in total. The summed E-state index contributed by atoms with van der Waals surface area (Å²) >= 11 is 4.88. The molecule has 0 rings (SSSR count). The second-order valence-corrected chi connectivity index (χ2v) is 0.999. The van der Waals surface area contributed by atoms with Gasteiger partial charge in [0.1, 0.15) is 0 Å². The van der Waals surface area contributed by atoms with E-state index in [9.17, 15) is 0 Å². The van der Waals surface area contributed by atoms with Gasteiger partial charge < -0.3 is 5.11 Å². The quantitative estimate of drug-likeness (QED) is 0.451. The highest BCUT2D eigenvalue weighted by atomic mass is 35.5. The van der Waals surface area contributed by atoms with E-state index in [1.807, 2.05) is 0 Å². The first kappa shape index (κ1) is 4.83. The van der Waals surface area contributed by atoms with Gasteiger partial charge in [-0.25, -0.2) is 0 Å². The molecule has 0 radical (unpaired) electrons. The summed E-state index contributed by atoms with van der Waals surface area (Å²) in [6, 6.07) is 0. The first-order chi connectivity index (χ1) is 2.27. The van der Waals surface area contributed by atoms with E-state index in [2.05, 4.69) is 0 Å². The van der Waals surface area contributed by atoms with Crippen LogP contribution in [0.15, 0.2) is 11.3 Å². The Kier molecular flexibility index (Phi) is 2.02. The summed E-state index contributed by atoms with van der Waals surface area (Å²) in [5.74, 6) is 0. The van der Waals surface area contributed by atoms with Crippen LogP contribution in [0.2, 0.25) is 0 Å². The molecule has 0 aromatic heterocycles. The van der Waals surface area contributed by atoms with Crippen LogP contribution in [0.3, 0.4) is 0 Å². The highest BCUT2D eigenvalue weighted by Gasteiger charge is 1.67. The van der Waals surface area contributed by atoms with Gasteiger partial charge in [0.2, 0.25) is 0 Å². The SMILES string of the molecule is C/C=C(/O)Cl. The van der Waals surface area contributed by atoms with Crippen LogP contribution in [0, 0.1) is 0 Å². The largest absolute Gasteiger partial charge is 0.499 e. The van der Waals surface area contributed by atoms with Crippen molar-refractivity contribution in [3.63, 3.8) is 0 Å². The minimum Gasteiger partial charge on any atom is -0.499 e. The molecule has 5 heavy (non-hydrogen) atoms. The standard InChI is InChI=1S/C3H5ClO/c1-2-3(4)5/h2,5H,1H3/b3-2+. The molecule has 0 aromatic carbocycles. The lowest BCUT2D eigenvalue weighted by atomic mass is 10.7. The van der Waals surface area contributed by atoms with Gasteiger partial charge in [0.15, 0.2) is 5.22 Å². The van der Waals surface area contributed by atoms with Crippen molar-refractivity contribution < 1.29 is 5.11 Å². The Labute approximate surface area is 35.9 Å². The number of hydrogen-bond acceptors (Lipinski definition) is 1. The summed E-state index contributed by atoms with van der Waals surface area (Å²) in [4.78, 5) is 0. The molecule has 0 atom stereocenters. The molecule has 0 saturated carbocycles. The van der Waals surface area contributed by atoms with Crippen molar-refractivity contribution in [2.45, 2.75) is 6.92 Å². The van der Waals surface area contributed by atoms with E-state index < -0.39 is 0 Å². The van der Waals surface area contributed by atoms with Gasteiger partial charge in [-0.15, -0.1) is 0 Å². The summed E-state index contributed by atoms with van der Waals surface area (Å²) < 4.78 is 0. The van der Waals surface area contributed by atoms with E-state index in [0.29, 0.717) is 0 Å². The van der Waals surface area contributed by atoms with E-state index in [1.54, 1.807) is 6.92 Å². The average Bonchev–Trinajstić information content (AvgIpc) is 1.38. The normalized spacial score (nSPS) is 12.0. The molecule has 0 aliphatic rings. The maximum absolute atomic E-state index is 7.99. The molecule has 0 heterocycles. The number of aliphatic hydroxyl groups excluding tert-OH is 1. The molecule has 0 fully saturated rings. The van der Waals surface area contributed by atoms with Crippen molar-refractivity contribution in [1.82, 2.24) is 0 Å². The maximum atomic E-state index is 7.99. The Balaban J connectivity index is 3.14. The number of hydrogen-bond donors (Lipinski definition) is 1. The first-order valence-electron chi connectivity index (χ1n) is 1.28. The Morgan fingerprint density at radius 3 is 2.20 bits per heavy atom. The van der Waals surface area contributed by atoms with Crippen LogP contribution in [0.5, 0.6) is 0 Å². The lowest BCUT2D eigenvalue weighted by Gasteiger charge is -1.71. The summed E-state index contributed by atoms with van der Waals surface area (Å²) in [7, 11) is 0. The molecule has 30 valence electrons. The van der Waals surface area contributed by atoms with Crippen molar-refractivity contribution in [2.24, 2.45) is 0 Å². The van der Waals surface area contributed by atoms with Crippen LogP contribution in [0.4, 0.5) is 0 Å². The van der Waals surface area contributed by atoms with Crippen LogP contribution >= 0.6 is 11.6 Å². The third-order valence-electron chi connectivity index (χ3n) is 0.238. The topological polar surface area (TPSA) is 20.2 Å². The zero-order valence-corrected chi connectivity index (χ0v) is 3.66. The maximum Gasteiger partial charge on any atom is 0.179 e. The van der Waals surface area contributed by atoms with Crippen LogP contribution in [-0.2, 0) is 0 Å². The molecular weight excluding hydrogens is 87.5 g/mol. The minimum absolute atomic E-state index is 0.148. The summed E-state index contributed by atoms with van der Waals surface area (Å²) in [5, 5.41) is 7.84. The smallest absolute Gasteiger partial charge is 0.179 e. The zero-order chi connectivity index (χ0) is 4.28. The monoisotopic (exact) mass is 92.0 g/mol. The van der Waals surface area contributed by atoms with Crippen molar-refractivity contribution in [2.75, 3.05) is 0 Å². The lowest BCUT2D eigenvalue weighted by molar-refractivity contribution is 0.451. The van der Waals surface area contributed by atoms with E-state index in [-0.39, 0.29) is 5.22 Å². The van der Waals surface area contributed by atoms with Gasteiger partial charge in [-0.3, -0.25) is 0 Å². The second kappa shape index (κ2) is 2.09. The van der Waals surface area contributed by atoms with Gasteiger partial charge in [-0.2, -0.15) is 0 Å². The highest BCUT2D eigenvalue weighted by molar-refractivity contribution is 6.27. The number of allylic oxidation sites excluding steroid dienone is 1. The van der Waals surface area contributed by atoms with Crippen LogP contribution in [-0.4, -0.2) is 5.11 Å². The molecule has 2 heteroatoms.